The maximum absolute atomic E-state index is 9.83. The van der Waals surface area contributed by atoms with E-state index in [9.17, 15) is 5.11 Å². The first-order valence-corrected chi connectivity index (χ1v) is 6.62. The monoisotopic (exact) mass is 326 g/mol. The van der Waals surface area contributed by atoms with Crippen LogP contribution in [0.5, 0.6) is 17.2 Å². The molecule has 0 spiro atoms. The minimum Gasteiger partial charge on any atom is -0.504 e. The number of hydrogen-bond donors (Lipinski definition) is 1. The van der Waals surface area contributed by atoms with Gasteiger partial charge in [-0.2, -0.15) is 0 Å². The average molecular weight is 327 g/mol. The molecular formula is C14H12Cl2N2O3. The van der Waals surface area contributed by atoms with Gasteiger partial charge in [0.15, 0.2) is 5.75 Å². The third-order valence-electron chi connectivity index (χ3n) is 2.66. The van der Waals surface area contributed by atoms with E-state index >= 15 is 0 Å². The molecule has 5 nitrogen and oxygen atoms in total. The van der Waals surface area contributed by atoms with Gasteiger partial charge >= 0.3 is 0 Å². The zero-order chi connectivity index (χ0) is 15.4. The molecule has 0 atom stereocenters. The lowest BCUT2D eigenvalue weighted by Gasteiger charge is -2.06. The molecule has 2 rings (SSSR count). The van der Waals surface area contributed by atoms with E-state index in [0.29, 0.717) is 22.2 Å². The number of benzene rings is 2. The minimum atomic E-state index is -0.188. The molecule has 21 heavy (non-hydrogen) atoms. The van der Waals surface area contributed by atoms with Crippen molar-refractivity contribution in [2.75, 3.05) is 14.2 Å². The number of rotatable bonds is 4. The number of azo groups is 1. The molecule has 0 fully saturated rings. The quantitative estimate of drug-likeness (QED) is 0.792. The summed E-state index contributed by atoms with van der Waals surface area (Å²) in [5, 5.41) is 18.3. The minimum absolute atomic E-state index is 0.106. The third kappa shape index (κ3) is 3.56. The summed E-state index contributed by atoms with van der Waals surface area (Å²) in [6, 6.07) is 7.98. The van der Waals surface area contributed by atoms with Gasteiger partial charge in [0.25, 0.3) is 0 Å². The van der Waals surface area contributed by atoms with Crippen LogP contribution in [0, 0.1) is 0 Å². The Balaban J connectivity index is 2.41. The Morgan fingerprint density at radius 1 is 0.952 bits per heavy atom. The van der Waals surface area contributed by atoms with Crippen molar-refractivity contribution in [2.45, 2.75) is 0 Å². The van der Waals surface area contributed by atoms with Crippen molar-refractivity contribution >= 4 is 34.6 Å². The molecule has 0 bridgehead atoms. The van der Waals surface area contributed by atoms with Crippen molar-refractivity contribution in [3.63, 3.8) is 0 Å². The zero-order valence-electron chi connectivity index (χ0n) is 11.3. The Labute approximate surface area is 131 Å². The predicted octanol–water partition coefficient (Wildman–Crippen LogP) is 5.13. The fraction of sp³-hybridized carbons (Fsp3) is 0.143. The van der Waals surface area contributed by atoms with Crippen molar-refractivity contribution in [1.82, 2.24) is 0 Å². The van der Waals surface area contributed by atoms with Crippen molar-refractivity contribution in [2.24, 2.45) is 10.2 Å². The molecular weight excluding hydrogens is 315 g/mol. The molecule has 0 radical (unpaired) electrons. The van der Waals surface area contributed by atoms with Crippen molar-refractivity contribution in [3.8, 4) is 17.2 Å². The first-order valence-electron chi connectivity index (χ1n) is 5.87. The molecule has 0 heterocycles. The maximum Gasteiger partial charge on any atom is 0.161 e. The second kappa shape index (κ2) is 6.65. The Kier molecular flexibility index (Phi) is 4.88. The van der Waals surface area contributed by atoms with Crippen molar-refractivity contribution in [3.05, 3.63) is 40.4 Å². The summed E-state index contributed by atoms with van der Waals surface area (Å²) in [5.41, 5.74) is 0.615. The summed E-state index contributed by atoms with van der Waals surface area (Å²) in [5.74, 6) is 0.942. The summed E-state index contributed by atoms with van der Waals surface area (Å²) in [6.07, 6.45) is 0. The van der Waals surface area contributed by atoms with Crippen LogP contribution in [0.3, 0.4) is 0 Å². The van der Waals surface area contributed by atoms with Gasteiger partial charge in [0.05, 0.1) is 19.2 Å². The van der Waals surface area contributed by atoms with Crippen LogP contribution in [-0.2, 0) is 0 Å². The van der Waals surface area contributed by atoms with Gasteiger partial charge in [0.1, 0.15) is 22.9 Å². The van der Waals surface area contributed by atoms with E-state index in [1.54, 1.807) is 25.3 Å². The largest absolute Gasteiger partial charge is 0.504 e. The van der Waals surface area contributed by atoms with Gasteiger partial charge in [-0.15, -0.1) is 10.2 Å². The molecule has 2 aromatic rings. The number of aromatic hydroxyl groups is 1. The van der Waals surface area contributed by atoms with Crippen LogP contribution in [0.2, 0.25) is 10.0 Å². The van der Waals surface area contributed by atoms with Gasteiger partial charge in [0, 0.05) is 11.1 Å². The smallest absolute Gasteiger partial charge is 0.161 e. The van der Waals surface area contributed by atoms with E-state index in [0.717, 1.165) is 0 Å². The van der Waals surface area contributed by atoms with E-state index in [-0.39, 0.29) is 16.5 Å². The highest BCUT2D eigenvalue weighted by Crippen LogP contribution is 2.39. The Morgan fingerprint density at radius 3 is 2.33 bits per heavy atom. The van der Waals surface area contributed by atoms with Crippen LogP contribution < -0.4 is 9.47 Å². The lowest BCUT2D eigenvalue weighted by molar-refractivity contribution is 0.404. The zero-order valence-corrected chi connectivity index (χ0v) is 12.8. The van der Waals surface area contributed by atoms with E-state index in [2.05, 4.69) is 10.2 Å². The Bertz CT molecular complexity index is 690. The second-order valence-corrected chi connectivity index (χ2v) is 4.84. The molecule has 0 aromatic heterocycles. The molecule has 0 unspecified atom stereocenters. The third-order valence-corrected chi connectivity index (χ3v) is 3.17. The molecule has 110 valence electrons. The van der Waals surface area contributed by atoms with Gasteiger partial charge in [-0.3, -0.25) is 0 Å². The number of phenols is 1. The fourth-order valence-electron chi connectivity index (χ4n) is 1.61. The van der Waals surface area contributed by atoms with Crippen LogP contribution in [0.1, 0.15) is 0 Å². The molecule has 7 heteroatoms. The van der Waals surface area contributed by atoms with Gasteiger partial charge in [-0.05, 0) is 24.3 Å². The van der Waals surface area contributed by atoms with Gasteiger partial charge in [-0.1, -0.05) is 23.2 Å². The normalized spacial score (nSPS) is 10.9. The summed E-state index contributed by atoms with van der Waals surface area (Å²) >= 11 is 11.7. The molecule has 0 aliphatic heterocycles. The molecule has 0 aliphatic carbocycles. The highest BCUT2D eigenvalue weighted by Gasteiger charge is 2.09. The van der Waals surface area contributed by atoms with E-state index in [4.69, 9.17) is 32.7 Å². The predicted molar refractivity (Wildman–Crippen MR) is 81.8 cm³/mol. The average Bonchev–Trinajstić information content (AvgIpc) is 2.49. The summed E-state index contributed by atoms with van der Waals surface area (Å²) in [6.45, 7) is 0. The van der Waals surface area contributed by atoms with Crippen LogP contribution in [0.4, 0.5) is 11.4 Å². The maximum atomic E-state index is 9.83. The van der Waals surface area contributed by atoms with Crippen LogP contribution in [-0.4, -0.2) is 19.3 Å². The Hall–Kier alpha value is -1.98. The van der Waals surface area contributed by atoms with E-state index < -0.39 is 0 Å². The lowest BCUT2D eigenvalue weighted by atomic mass is 10.3. The van der Waals surface area contributed by atoms with Crippen molar-refractivity contribution < 1.29 is 14.6 Å². The van der Waals surface area contributed by atoms with Crippen LogP contribution in [0.15, 0.2) is 40.6 Å². The van der Waals surface area contributed by atoms with Crippen LogP contribution >= 0.6 is 23.2 Å². The molecule has 2 aromatic carbocycles. The summed E-state index contributed by atoms with van der Waals surface area (Å²) in [4.78, 5) is 0. The molecule has 0 aliphatic rings. The van der Waals surface area contributed by atoms with Crippen LogP contribution in [0.25, 0.3) is 0 Å². The second-order valence-electron chi connectivity index (χ2n) is 3.99. The first-order chi connectivity index (χ1) is 10.0. The topological polar surface area (TPSA) is 63.4 Å². The fourth-order valence-corrected chi connectivity index (χ4v) is 2.09. The van der Waals surface area contributed by atoms with E-state index in [1.165, 1.54) is 19.2 Å². The van der Waals surface area contributed by atoms with Gasteiger partial charge in [0.2, 0.25) is 0 Å². The SMILES string of the molecule is COc1ccc(OC)c(N=Nc2cc(Cl)cc(Cl)c2O)c1. The number of nitrogens with zero attached hydrogens (tertiary/aromatic N) is 2. The molecule has 1 N–H and O–H groups in total. The number of ether oxygens (including phenoxy) is 2. The molecule has 0 amide bonds. The van der Waals surface area contributed by atoms with Crippen molar-refractivity contribution in [1.29, 1.82) is 0 Å². The molecule has 0 saturated carbocycles. The molecule has 0 saturated heterocycles. The number of methoxy groups -OCH3 is 2. The van der Waals surface area contributed by atoms with E-state index in [1.807, 2.05) is 0 Å². The summed E-state index contributed by atoms with van der Waals surface area (Å²) < 4.78 is 10.3. The summed E-state index contributed by atoms with van der Waals surface area (Å²) in [7, 11) is 3.07. The highest BCUT2D eigenvalue weighted by molar-refractivity contribution is 6.36. The highest BCUT2D eigenvalue weighted by atomic mass is 35.5. The number of hydrogen-bond acceptors (Lipinski definition) is 5. The Morgan fingerprint density at radius 2 is 1.67 bits per heavy atom. The standard InChI is InChI=1S/C14H12Cl2N2O3/c1-20-9-3-4-13(21-2)11(7-9)17-18-12-6-8(15)5-10(16)14(12)19/h3-7,19H,1-2H3. The number of phenolic OH excluding ortho intramolecular Hbond substituents is 1. The number of halogens is 2. The lowest BCUT2D eigenvalue weighted by Crippen LogP contribution is -1.86. The first kappa shape index (κ1) is 15.4. The van der Waals surface area contributed by atoms with Gasteiger partial charge in [-0.25, -0.2) is 0 Å². The van der Waals surface area contributed by atoms with Gasteiger partial charge < -0.3 is 14.6 Å².